The van der Waals surface area contributed by atoms with Gasteiger partial charge in [0.25, 0.3) is 0 Å². The molecule has 1 aliphatic rings. The number of carbonyl (C=O) groups excluding carboxylic acids is 2. The molecule has 3 aromatic rings. The van der Waals surface area contributed by atoms with E-state index in [4.69, 9.17) is 5.73 Å². The predicted molar refractivity (Wildman–Crippen MR) is 140 cm³/mol. The van der Waals surface area contributed by atoms with Gasteiger partial charge in [0.1, 0.15) is 6.04 Å². The lowest BCUT2D eigenvalue weighted by atomic mass is 9.89. The van der Waals surface area contributed by atoms with Crippen LogP contribution in [0.4, 0.5) is 0 Å². The van der Waals surface area contributed by atoms with Crippen LogP contribution in [0.2, 0.25) is 0 Å². The molecule has 1 fully saturated rings. The molecule has 3 N–H and O–H groups in total. The number of nitrogens with one attached hydrogen (secondary N) is 1. The van der Waals surface area contributed by atoms with Crippen LogP contribution >= 0.6 is 12.4 Å². The van der Waals surface area contributed by atoms with Gasteiger partial charge in [0.15, 0.2) is 0 Å². The Morgan fingerprint density at radius 2 is 1.59 bits per heavy atom. The van der Waals surface area contributed by atoms with Crippen molar-refractivity contribution in [2.45, 2.75) is 50.6 Å². The first-order valence-electron chi connectivity index (χ1n) is 11.7. The summed E-state index contributed by atoms with van der Waals surface area (Å²) in [5.41, 5.74) is 7.35. The van der Waals surface area contributed by atoms with Gasteiger partial charge in [-0.3, -0.25) is 9.59 Å². The highest BCUT2D eigenvalue weighted by molar-refractivity contribution is 5.92. The maximum absolute atomic E-state index is 13.6. The highest BCUT2D eigenvalue weighted by Crippen LogP contribution is 2.28. The minimum absolute atomic E-state index is 0. The van der Waals surface area contributed by atoms with Gasteiger partial charge in [-0.2, -0.15) is 0 Å². The number of amides is 2. The van der Waals surface area contributed by atoms with E-state index < -0.39 is 11.6 Å². The standard InChI is InChI=1S/C28H33N3O2.ClH/c1-28(2,29)27(33)30-25(19-23-13-8-12-22-11-6-7-14-24(22)23)26(32)31-17-15-21(16-18-31)20-9-4-3-5-10-20;/h3-14,21,25H,15-19,29H2,1-2H3,(H,30,33);1H. The van der Waals surface area contributed by atoms with Gasteiger partial charge in [0.05, 0.1) is 5.54 Å². The van der Waals surface area contributed by atoms with E-state index in [1.165, 1.54) is 5.56 Å². The fourth-order valence-electron chi connectivity index (χ4n) is 4.61. The fourth-order valence-corrected chi connectivity index (χ4v) is 4.61. The summed E-state index contributed by atoms with van der Waals surface area (Å²) >= 11 is 0. The number of halogens is 1. The van der Waals surface area contributed by atoms with Gasteiger partial charge in [-0.1, -0.05) is 72.8 Å². The molecule has 0 saturated carbocycles. The molecular weight excluding hydrogens is 446 g/mol. The Morgan fingerprint density at radius 3 is 2.26 bits per heavy atom. The molecule has 2 amide bonds. The zero-order chi connectivity index (χ0) is 23.4. The topological polar surface area (TPSA) is 75.4 Å². The molecule has 0 bridgehead atoms. The minimum atomic E-state index is -1.06. The molecule has 4 rings (SSSR count). The van der Waals surface area contributed by atoms with Crippen molar-refractivity contribution in [1.29, 1.82) is 0 Å². The number of piperidine rings is 1. The number of likely N-dealkylation sites (tertiary alicyclic amines) is 1. The third kappa shape index (κ3) is 5.96. The normalized spacial score (nSPS) is 15.4. The summed E-state index contributed by atoms with van der Waals surface area (Å²) in [6.45, 7) is 4.69. The summed E-state index contributed by atoms with van der Waals surface area (Å²) in [5.74, 6) is 0.108. The Morgan fingerprint density at radius 1 is 0.971 bits per heavy atom. The molecule has 1 atom stereocenters. The van der Waals surface area contributed by atoms with Crippen LogP contribution < -0.4 is 11.1 Å². The van der Waals surface area contributed by atoms with Gasteiger partial charge < -0.3 is 16.0 Å². The van der Waals surface area contributed by atoms with Crippen molar-refractivity contribution in [3.63, 3.8) is 0 Å². The summed E-state index contributed by atoms with van der Waals surface area (Å²) in [6, 6.07) is 24.1. The predicted octanol–water partition coefficient (Wildman–Crippen LogP) is 4.43. The molecular formula is C28H34ClN3O2. The van der Waals surface area contributed by atoms with Crippen LogP contribution in [-0.4, -0.2) is 41.4 Å². The first-order chi connectivity index (χ1) is 15.8. The zero-order valence-electron chi connectivity index (χ0n) is 19.9. The van der Waals surface area contributed by atoms with E-state index in [-0.39, 0.29) is 24.2 Å². The maximum atomic E-state index is 13.6. The number of fused-ring (bicyclic) bond motifs is 1. The monoisotopic (exact) mass is 479 g/mol. The van der Waals surface area contributed by atoms with E-state index in [0.29, 0.717) is 25.4 Å². The molecule has 3 aromatic carbocycles. The summed E-state index contributed by atoms with van der Waals surface area (Å²) in [6.07, 6.45) is 2.28. The molecule has 6 heteroatoms. The molecule has 0 spiro atoms. The van der Waals surface area contributed by atoms with E-state index in [0.717, 1.165) is 29.2 Å². The van der Waals surface area contributed by atoms with Crippen molar-refractivity contribution in [2.75, 3.05) is 13.1 Å². The number of hydrogen-bond donors (Lipinski definition) is 2. The van der Waals surface area contributed by atoms with Crippen molar-refractivity contribution in [2.24, 2.45) is 5.73 Å². The van der Waals surface area contributed by atoms with Crippen LogP contribution in [0.5, 0.6) is 0 Å². The van der Waals surface area contributed by atoms with Crippen LogP contribution in [0, 0.1) is 0 Å². The lowest BCUT2D eigenvalue weighted by Gasteiger charge is -2.35. The van der Waals surface area contributed by atoms with E-state index in [1.807, 2.05) is 35.2 Å². The van der Waals surface area contributed by atoms with E-state index in [1.54, 1.807) is 13.8 Å². The molecule has 180 valence electrons. The summed E-state index contributed by atoms with van der Waals surface area (Å²) in [5, 5.41) is 5.17. The Balaban J connectivity index is 0.00000324. The number of nitrogens with two attached hydrogens (primary N) is 1. The third-order valence-corrected chi connectivity index (χ3v) is 6.57. The summed E-state index contributed by atoms with van der Waals surface area (Å²) in [7, 11) is 0. The Bertz CT molecular complexity index is 1110. The lowest BCUT2D eigenvalue weighted by Crippen LogP contribution is -2.57. The van der Waals surface area contributed by atoms with Gasteiger partial charge in [0.2, 0.25) is 11.8 Å². The van der Waals surface area contributed by atoms with Gasteiger partial charge >= 0.3 is 0 Å². The maximum Gasteiger partial charge on any atom is 0.245 e. The molecule has 34 heavy (non-hydrogen) atoms. The van der Waals surface area contributed by atoms with Crippen LogP contribution in [-0.2, 0) is 16.0 Å². The van der Waals surface area contributed by atoms with E-state index in [9.17, 15) is 9.59 Å². The second kappa shape index (κ2) is 11.0. The number of nitrogens with zero attached hydrogens (tertiary/aromatic N) is 1. The van der Waals surface area contributed by atoms with Crippen LogP contribution in [0.3, 0.4) is 0 Å². The van der Waals surface area contributed by atoms with E-state index in [2.05, 4.69) is 47.8 Å². The van der Waals surface area contributed by atoms with Crippen LogP contribution in [0.1, 0.15) is 43.7 Å². The van der Waals surface area contributed by atoms with Crippen LogP contribution in [0.15, 0.2) is 72.8 Å². The second-order valence-electron chi connectivity index (χ2n) is 9.60. The molecule has 1 heterocycles. The zero-order valence-corrected chi connectivity index (χ0v) is 20.7. The fraction of sp³-hybridized carbons (Fsp3) is 0.357. The summed E-state index contributed by atoms with van der Waals surface area (Å²) < 4.78 is 0. The SMILES string of the molecule is CC(C)(N)C(=O)NC(Cc1cccc2ccccc12)C(=O)N1CCC(c2ccccc2)CC1.Cl. The Kier molecular flexibility index (Phi) is 8.34. The number of carbonyl (C=O) groups is 2. The van der Waals surface area contributed by atoms with Crippen molar-refractivity contribution in [3.05, 3.63) is 83.9 Å². The van der Waals surface area contributed by atoms with Gasteiger partial charge in [0, 0.05) is 19.5 Å². The first-order valence-corrected chi connectivity index (χ1v) is 11.7. The largest absolute Gasteiger partial charge is 0.342 e. The molecule has 0 aromatic heterocycles. The number of hydrogen-bond acceptors (Lipinski definition) is 3. The quantitative estimate of drug-likeness (QED) is 0.549. The highest BCUT2D eigenvalue weighted by atomic mass is 35.5. The first kappa shape index (κ1) is 25.7. The molecule has 0 radical (unpaired) electrons. The Labute approximate surface area is 208 Å². The average Bonchev–Trinajstić information content (AvgIpc) is 2.83. The van der Waals surface area contributed by atoms with Crippen LogP contribution in [0.25, 0.3) is 10.8 Å². The molecule has 1 aliphatic heterocycles. The lowest BCUT2D eigenvalue weighted by molar-refractivity contribution is -0.138. The minimum Gasteiger partial charge on any atom is -0.342 e. The van der Waals surface area contributed by atoms with Crippen molar-refractivity contribution in [1.82, 2.24) is 10.2 Å². The van der Waals surface area contributed by atoms with Gasteiger partial charge in [-0.05, 0) is 54.5 Å². The average molecular weight is 480 g/mol. The van der Waals surface area contributed by atoms with Gasteiger partial charge in [-0.15, -0.1) is 12.4 Å². The van der Waals surface area contributed by atoms with Crippen molar-refractivity contribution >= 4 is 35.0 Å². The molecule has 0 aliphatic carbocycles. The molecule has 5 nitrogen and oxygen atoms in total. The summed E-state index contributed by atoms with van der Waals surface area (Å²) in [4.78, 5) is 28.3. The third-order valence-electron chi connectivity index (χ3n) is 6.57. The van der Waals surface area contributed by atoms with Crippen molar-refractivity contribution in [3.8, 4) is 0 Å². The second-order valence-corrected chi connectivity index (χ2v) is 9.60. The molecule has 1 saturated heterocycles. The number of benzene rings is 3. The molecule has 1 unspecified atom stereocenters. The van der Waals surface area contributed by atoms with E-state index >= 15 is 0 Å². The number of rotatable bonds is 6. The Hall–Kier alpha value is -2.89. The van der Waals surface area contributed by atoms with Gasteiger partial charge in [-0.25, -0.2) is 0 Å². The van der Waals surface area contributed by atoms with Crippen molar-refractivity contribution < 1.29 is 9.59 Å². The highest BCUT2D eigenvalue weighted by Gasteiger charge is 2.33. The smallest absolute Gasteiger partial charge is 0.245 e.